The third-order valence-electron chi connectivity index (χ3n) is 4.57. The molecule has 0 atom stereocenters. The molecular formula is C22H30O2. The molecule has 24 heavy (non-hydrogen) atoms. The van der Waals surface area contributed by atoms with E-state index >= 15 is 0 Å². The van der Waals surface area contributed by atoms with E-state index in [2.05, 4.69) is 71.9 Å². The minimum absolute atomic E-state index is 0.422. The highest BCUT2D eigenvalue weighted by Crippen LogP contribution is 2.31. The van der Waals surface area contributed by atoms with Crippen LogP contribution < -0.4 is 9.47 Å². The Morgan fingerprint density at radius 2 is 1.54 bits per heavy atom. The van der Waals surface area contributed by atoms with Crippen molar-refractivity contribution in [1.29, 1.82) is 0 Å². The minimum Gasteiger partial charge on any atom is -0.496 e. The van der Waals surface area contributed by atoms with Gasteiger partial charge in [-0.15, -0.1) is 0 Å². The molecule has 2 heteroatoms. The van der Waals surface area contributed by atoms with Crippen LogP contribution in [0.25, 0.3) is 0 Å². The number of hydrogen-bond donors (Lipinski definition) is 0. The monoisotopic (exact) mass is 326 g/mol. The number of aryl methyl sites for hydroxylation is 2. The van der Waals surface area contributed by atoms with E-state index in [0.29, 0.717) is 18.4 Å². The molecule has 0 unspecified atom stereocenters. The quantitative estimate of drug-likeness (QED) is 0.635. The van der Waals surface area contributed by atoms with Gasteiger partial charge in [-0.1, -0.05) is 39.8 Å². The Balaban J connectivity index is 2.26. The van der Waals surface area contributed by atoms with Crippen LogP contribution >= 0.6 is 0 Å². The van der Waals surface area contributed by atoms with Crippen molar-refractivity contribution in [2.75, 3.05) is 7.11 Å². The number of ether oxygens (including phenoxy) is 2. The Hall–Kier alpha value is -1.96. The first kappa shape index (κ1) is 18.4. The molecule has 0 bridgehead atoms. The zero-order valence-corrected chi connectivity index (χ0v) is 16.1. The zero-order chi connectivity index (χ0) is 17.9. The molecule has 0 heterocycles. The molecule has 0 aliphatic carbocycles. The van der Waals surface area contributed by atoms with Gasteiger partial charge in [0.25, 0.3) is 0 Å². The van der Waals surface area contributed by atoms with Gasteiger partial charge in [0.05, 0.1) is 7.11 Å². The summed E-state index contributed by atoms with van der Waals surface area (Å²) in [5.41, 5.74) is 6.14. The molecule has 0 N–H and O–H groups in total. The van der Waals surface area contributed by atoms with Gasteiger partial charge in [-0.25, -0.2) is 0 Å². The minimum atomic E-state index is 0.422. The van der Waals surface area contributed by atoms with Gasteiger partial charge in [0, 0.05) is 0 Å². The first-order chi connectivity index (χ1) is 11.3. The molecule has 2 aromatic carbocycles. The lowest BCUT2D eigenvalue weighted by molar-refractivity contribution is 0.302. The molecule has 2 nitrogen and oxygen atoms in total. The summed E-state index contributed by atoms with van der Waals surface area (Å²) >= 11 is 0. The summed E-state index contributed by atoms with van der Waals surface area (Å²) < 4.78 is 11.7. The number of methoxy groups -OCH3 is 1. The molecule has 0 aromatic heterocycles. The molecule has 0 spiro atoms. The van der Waals surface area contributed by atoms with Crippen LogP contribution in [-0.4, -0.2) is 7.11 Å². The van der Waals surface area contributed by atoms with Crippen molar-refractivity contribution >= 4 is 0 Å². The van der Waals surface area contributed by atoms with Crippen LogP contribution in [0.3, 0.4) is 0 Å². The molecule has 2 rings (SSSR count). The van der Waals surface area contributed by atoms with Crippen LogP contribution in [0.1, 0.15) is 67.3 Å². The maximum atomic E-state index is 6.16. The highest BCUT2D eigenvalue weighted by Gasteiger charge is 2.12. The van der Waals surface area contributed by atoms with Crippen molar-refractivity contribution in [3.8, 4) is 11.5 Å². The lowest BCUT2D eigenvalue weighted by atomic mass is 9.96. The van der Waals surface area contributed by atoms with Crippen LogP contribution in [0.15, 0.2) is 30.3 Å². The van der Waals surface area contributed by atoms with E-state index in [9.17, 15) is 0 Å². The molecule has 0 aliphatic heterocycles. The van der Waals surface area contributed by atoms with E-state index in [1.165, 1.54) is 27.8 Å². The fraction of sp³-hybridized carbons (Fsp3) is 0.455. The third kappa shape index (κ3) is 4.11. The molecule has 0 saturated carbocycles. The summed E-state index contributed by atoms with van der Waals surface area (Å²) in [7, 11) is 1.73. The molecule has 2 aromatic rings. The van der Waals surface area contributed by atoms with Gasteiger partial charge in [-0.3, -0.25) is 0 Å². The maximum Gasteiger partial charge on any atom is 0.123 e. The topological polar surface area (TPSA) is 18.5 Å². The average Bonchev–Trinajstić information content (AvgIpc) is 2.54. The lowest BCUT2D eigenvalue weighted by Crippen LogP contribution is -2.03. The summed E-state index contributed by atoms with van der Waals surface area (Å²) in [6.45, 7) is 13.6. The van der Waals surface area contributed by atoms with Gasteiger partial charge in [0.2, 0.25) is 0 Å². The van der Waals surface area contributed by atoms with Crippen molar-refractivity contribution in [2.24, 2.45) is 0 Å². The molecule has 0 fully saturated rings. The fourth-order valence-corrected chi connectivity index (χ4v) is 2.82. The highest BCUT2D eigenvalue weighted by molar-refractivity contribution is 5.44. The van der Waals surface area contributed by atoms with Crippen LogP contribution in [0, 0.1) is 13.8 Å². The van der Waals surface area contributed by atoms with E-state index in [-0.39, 0.29) is 0 Å². The van der Waals surface area contributed by atoms with Crippen molar-refractivity contribution in [3.63, 3.8) is 0 Å². The number of benzene rings is 2. The standard InChI is InChI=1S/C22H30O2/c1-14(2)18-9-8-16(5)21(12-18)24-13-19-11-20(15(3)4)22(23-7)10-17(19)6/h8-12,14-15H,13H2,1-7H3. The van der Waals surface area contributed by atoms with Crippen LogP contribution in [0.2, 0.25) is 0 Å². The Kier molecular flexibility index (Phi) is 5.93. The molecule has 130 valence electrons. The maximum absolute atomic E-state index is 6.16. The summed E-state index contributed by atoms with van der Waals surface area (Å²) in [5.74, 6) is 2.86. The van der Waals surface area contributed by atoms with E-state index in [0.717, 1.165) is 11.5 Å². The van der Waals surface area contributed by atoms with Gasteiger partial charge >= 0.3 is 0 Å². The second-order valence-electron chi connectivity index (χ2n) is 7.14. The van der Waals surface area contributed by atoms with Crippen molar-refractivity contribution in [3.05, 3.63) is 58.1 Å². The predicted octanol–water partition coefficient (Wildman–Crippen LogP) is 6.14. The third-order valence-corrected chi connectivity index (χ3v) is 4.57. The van der Waals surface area contributed by atoms with Gasteiger partial charge < -0.3 is 9.47 Å². The van der Waals surface area contributed by atoms with Crippen molar-refractivity contribution < 1.29 is 9.47 Å². The summed E-state index contributed by atoms with van der Waals surface area (Å²) in [6.07, 6.45) is 0. The normalized spacial score (nSPS) is 11.2. The predicted molar refractivity (Wildman–Crippen MR) is 101 cm³/mol. The largest absolute Gasteiger partial charge is 0.496 e. The Bertz CT molecular complexity index is 699. The van der Waals surface area contributed by atoms with Crippen LogP contribution in [-0.2, 0) is 6.61 Å². The van der Waals surface area contributed by atoms with E-state index in [1.54, 1.807) is 7.11 Å². The Morgan fingerprint density at radius 1 is 0.833 bits per heavy atom. The Morgan fingerprint density at radius 3 is 2.12 bits per heavy atom. The lowest BCUT2D eigenvalue weighted by Gasteiger charge is -2.17. The summed E-state index contributed by atoms with van der Waals surface area (Å²) in [5, 5.41) is 0. The first-order valence-electron chi connectivity index (χ1n) is 8.74. The fourth-order valence-electron chi connectivity index (χ4n) is 2.82. The first-order valence-corrected chi connectivity index (χ1v) is 8.74. The van der Waals surface area contributed by atoms with Crippen LogP contribution in [0.4, 0.5) is 0 Å². The van der Waals surface area contributed by atoms with Gasteiger partial charge in [-0.05, 0) is 71.7 Å². The number of rotatable bonds is 6. The number of hydrogen-bond acceptors (Lipinski definition) is 2. The highest BCUT2D eigenvalue weighted by atomic mass is 16.5. The SMILES string of the molecule is COc1cc(C)c(COc2cc(C(C)C)ccc2C)cc1C(C)C. The van der Waals surface area contributed by atoms with Crippen LogP contribution in [0.5, 0.6) is 11.5 Å². The smallest absolute Gasteiger partial charge is 0.123 e. The second kappa shape index (κ2) is 7.74. The summed E-state index contributed by atoms with van der Waals surface area (Å²) in [6, 6.07) is 10.8. The van der Waals surface area contributed by atoms with Gasteiger partial charge in [0.1, 0.15) is 18.1 Å². The Labute approximate surface area is 146 Å². The van der Waals surface area contributed by atoms with E-state index in [4.69, 9.17) is 9.47 Å². The summed E-state index contributed by atoms with van der Waals surface area (Å²) in [4.78, 5) is 0. The molecular weight excluding hydrogens is 296 g/mol. The average molecular weight is 326 g/mol. The van der Waals surface area contributed by atoms with Crippen molar-refractivity contribution in [2.45, 2.75) is 60.0 Å². The second-order valence-corrected chi connectivity index (χ2v) is 7.14. The van der Waals surface area contributed by atoms with Gasteiger partial charge in [-0.2, -0.15) is 0 Å². The van der Waals surface area contributed by atoms with Crippen molar-refractivity contribution in [1.82, 2.24) is 0 Å². The van der Waals surface area contributed by atoms with Gasteiger partial charge in [0.15, 0.2) is 0 Å². The molecule has 0 saturated heterocycles. The van der Waals surface area contributed by atoms with E-state index in [1.807, 2.05) is 0 Å². The van der Waals surface area contributed by atoms with E-state index < -0.39 is 0 Å². The molecule has 0 aliphatic rings. The molecule has 0 radical (unpaired) electrons. The molecule has 0 amide bonds. The zero-order valence-electron chi connectivity index (χ0n) is 16.1.